The van der Waals surface area contributed by atoms with Crippen molar-refractivity contribution in [1.29, 1.82) is 0 Å². The Hall–Kier alpha value is -2.45. The van der Waals surface area contributed by atoms with Gasteiger partial charge >= 0.3 is 0 Å². The van der Waals surface area contributed by atoms with E-state index in [1.165, 1.54) is 16.2 Å². The fourth-order valence-electron chi connectivity index (χ4n) is 2.34. The number of hydrogen-bond acceptors (Lipinski definition) is 6. The number of aromatic nitrogens is 2. The number of nitrogens with zero attached hydrogens (tertiary/aromatic N) is 3. The molecule has 0 saturated heterocycles. The molecule has 0 saturated carbocycles. The van der Waals surface area contributed by atoms with Crippen molar-refractivity contribution in [3.63, 3.8) is 0 Å². The van der Waals surface area contributed by atoms with E-state index >= 15 is 0 Å². The Balaban J connectivity index is 1.68. The van der Waals surface area contributed by atoms with Crippen molar-refractivity contribution in [3.05, 3.63) is 53.0 Å². The van der Waals surface area contributed by atoms with Crippen LogP contribution >= 0.6 is 27.3 Å². The van der Waals surface area contributed by atoms with E-state index in [0.29, 0.717) is 10.9 Å². The van der Waals surface area contributed by atoms with Crippen LogP contribution in [-0.4, -0.2) is 36.4 Å². The Kier molecular flexibility index (Phi) is 6.08. The molecule has 1 unspecified atom stereocenters. The number of carbonyl (C=O) groups is 1. The number of likely N-dealkylation sites (N-methyl/N-ethyl adjacent to an activating group) is 1. The standard InChI is InChI=1S/C19H18BrN3O3S/c1-12(26-16-10-8-15(25-3)9-11-16)18(24)23(2)19-22-21-17(27-19)13-4-6-14(20)7-5-13/h4-12H,1-3H3. The molecule has 140 valence electrons. The number of ether oxygens (including phenoxy) is 2. The van der Waals surface area contributed by atoms with Gasteiger partial charge in [-0.2, -0.15) is 0 Å². The third-order valence-electron chi connectivity index (χ3n) is 3.84. The van der Waals surface area contributed by atoms with Crippen LogP contribution in [0.25, 0.3) is 10.6 Å². The maximum atomic E-state index is 12.7. The first-order chi connectivity index (χ1) is 13.0. The molecule has 1 atom stereocenters. The van der Waals surface area contributed by atoms with Crippen LogP contribution in [0.4, 0.5) is 5.13 Å². The van der Waals surface area contributed by atoms with Crippen molar-refractivity contribution in [1.82, 2.24) is 10.2 Å². The van der Waals surface area contributed by atoms with Gasteiger partial charge in [0.1, 0.15) is 16.5 Å². The second-order valence-corrected chi connectivity index (χ2v) is 7.60. The van der Waals surface area contributed by atoms with E-state index in [0.717, 1.165) is 20.8 Å². The predicted molar refractivity (Wildman–Crippen MR) is 110 cm³/mol. The zero-order valence-corrected chi connectivity index (χ0v) is 17.5. The molecule has 0 aliphatic rings. The van der Waals surface area contributed by atoms with Crippen molar-refractivity contribution < 1.29 is 14.3 Å². The Morgan fingerprint density at radius 2 is 1.70 bits per heavy atom. The molecule has 2 aromatic carbocycles. The first-order valence-electron chi connectivity index (χ1n) is 8.15. The lowest BCUT2D eigenvalue weighted by Gasteiger charge is -2.19. The molecule has 3 aromatic rings. The number of methoxy groups -OCH3 is 1. The molecule has 8 heteroatoms. The Bertz CT molecular complexity index is 913. The molecule has 0 radical (unpaired) electrons. The van der Waals surface area contributed by atoms with E-state index in [2.05, 4.69) is 26.1 Å². The second kappa shape index (κ2) is 8.49. The van der Waals surface area contributed by atoms with Gasteiger partial charge in [0.2, 0.25) is 5.13 Å². The summed E-state index contributed by atoms with van der Waals surface area (Å²) in [5.41, 5.74) is 0.949. The van der Waals surface area contributed by atoms with Crippen molar-refractivity contribution in [2.24, 2.45) is 0 Å². The minimum atomic E-state index is -0.663. The fourth-order valence-corrected chi connectivity index (χ4v) is 3.42. The molecule has 1 heterocycles. The van der Waals surface area contributed by atoms with Gasteiger partial charge in [0.15, 0.2) is 6.10 Å². The second-order valence-electron chi connectivity index (χ2n) is 5.73. The summed E-state index contributed by atoms with van der Waals surface area (Å²) in [5, 5.41) is 9.59. The third-order valence-corrected chi connectivity index (χ3v) is 5.42. The molecule has 0 aliphatic carbocycles. The van der Waals surface area contributed by atoms with Crippen LogP contribution in [-0.2, 0) is 4.79 Å². The van der Waals surface area contributed by atoms with Crippen LogP contribution in [0, 0.1) is 0 Å². The number of anilines is 1. The van der Waals surface area contributed by atoms with Crippen LogP contribution in [0.1, 0.15) is 6.92 Å². The van der Waals surface area contributed by atoms with Crippen molar-refractivity contribution >= 4 is 38.3 Å². The number of halogens is 1. The van der Waals surface area contributed by atoms with Crippen LogP contribution < -0.4 is 14.4 Å². The average molecular weight is 448 g/mol. The monoisotopic (exact) mass is 447 g/mol. The van der Waals surface area contributed by atoms with Gasteiger partial charge in [-0.05, 0) is 43.3 Å². The SMILES string of the molecule is COc1ccc(OC(C)C(=O)N(C)c2nnc(-c3ccc(Br)cc3)s2)cc1. The van der Waals surface area contributed by atoms with Gasteiger partial charge in [-0.25, -0.2) is 0 Å². The molecule has 0 N–H and O–H groups in total. The summed E-state index contributed by atoms with van der Waals surface area (Å²) < 4.78 is 11.8. The molecule has 3 rings (SSSR count). The summed E-state index contributed by atoms with van der Waals surface area (Å²) in [5.74, 6) is 1.12. The highest BCUT2D eigenvalue weighted by atomic mass is 79.9. The molecular formula is C19H18BrN3O3S. The number of benzene rings is 2. The Labute approximate surface area is 169 Å². The molecule has 1 aromatic heterocycles. The quantitative estimate of drug-likeness (QED) is 0.559. The van der Waals surface area contributed by atoms with E-state index in [-0.39, 0.29) is 5.91 Å². The van der Waals surface area contributed by atoms with E-state index in [1.807, 2.05) is 24.3 Å². The van der Waals surface area contributed by atoms with Crippen LogP contribution in [0.2, 0.25) is 0 Å². The molecule has 1 amide bonds. The van der Waals surface area contributed by atoms with Gasteiger partial charge in [0, 0.05) is 17.1 Å². The molecule has 0 aliphatic heterocycles. The third kappa shape index (κ3) is 4.64. The lowest BCUT2D eigenvalue weighted by Crippen LogP contribution is -2.38. The highest BCUT2D eigenvalue weighted by molar-refractivity contribution is 9.10. The molecule has 27 heavy (non-hydrogen) atoms. The molecule has 0 spiro atoms. The zero-order chi connectivity index (χ0) is 19.4. The minimum Gasteiger partial charge on any atom is -0.497 e. The summed E-state index contributed by atoms with van der Waals surface area (Å²) in [6, 6.07) is 14.9. The summed E-state index contributed by atoms with van der Waals surface area (Å²) >= 11 is 4.76. The van der Waals surface area contributed by atoms with Gasteiger partial charge < -0.3 is 9.47 Å². The van der Waals surface area contributed by atoms with Crippen LogP contribution in [0.3, 0.4) is 0 Å². The molecular weight excluding hydrogens is 430 g/mol. The lowest BCUT2D eigenvalue weighted by atomic mass is 10.2. The number of rotatable bonds is 6. The predicted octanol–water partition coefficient (Wildman–Crippen LogP) is 4.41. The van der Waals surface area contributed by atoms with Gasteiger partial charge in [0.05, 0.1) is 7.11 Å². The van der Waals surface area contributed by atoms with Crippen molar-refractivity contribution in [2.75, 3.05) is 19.1 Å². The van der Waals surface area contributed by atoms with Crippen LogP contribution in [0.5, 0.6) is 11.5 Å². The van der Waals surface area contributed by atoms with Crippen molar-refractivity contribution in [3.8, 4) is 22.1 Å². The number of amides is 1. The number of carbonyl (C=O) groups excluding carboxylic acids is 1. The van der Waals surface area contributed by atoms with Crippen LogP contribution in [0.15, 0.2) is 53.0 Å². The average Bonchev–Trinajstić information content (AvgIpc) is 3.18. The maximum absolute atomic E-state index is 12.7. The minimum absolute atomic E-state index is 0.204. The lowest BCUT2D eigenvalue weighted by molar-refractivity contribution is -0.124. The molecule has 0 fully saturated rings. The van der Waals surface area contributed by atoms with E-state index in [4.69, 9.17) is 9.47 Å². The van der Waals surface area contributed by atoms with Crippen molar-refractivity contribution in [2.45, 2.75) is 13.0 Å². The summed E-state index contributed by atoms with van der Waals surface area (Å²) in [7, 11) is 3.27. The first kappa shape index (κ1) is 19.3. The van der Waals surface area contributed by atoms with E-state index in [1.54, 1.807) is 45.3 Å². The van der Waals surface area contributed by atoms with Gasteiger partial charge in [-0.15, -0.1) is 10.2 Å². The zero-order valence-electron chi connectivity index (χ0n) is 15.0. The largest absolute Gasteiger partial charge is 0.497 e. The number of hydrogen-bond donors (Lipinski definition) is 0. The van der Waals surface area contributed by atoms with Gasteiger partial charge in [0.25, 0.3) is 5.91 Å². The van der Waals surface area contributed by atoms with E-state index < -0.39 is 6.10 Å². The summed E-state index contributed by atoms with van der Waals surface area (Å²) in [4.78, 5) is 14.1. The fraction of sp³-hybridized carbons (Fsp3) is 0.211. The Morgan fingerprint density at radius 3 is 2.33 bits per heavy atom. The summed E-state index contributed by atoms with van der Waals surface area (Å²) in [6.45, 7) is 1.71. The smallest absolute Gasteiger partial charge is 0.269 e. The molecule has 6 nitrogen and oxygen atoms in total. The Morgan fingerprint density at radius 1 is 1.07 bits per heavy atom. The van der Waals surface area contributed by atoms with E-state index in [9.17, 15) is 4.79 Å². The van der Waals surface area contributed by atoms with Gasteiger partial charge in [-0.1, -0.05) is 39.4 Å². The summed E-state index contributed by atoms with van der Waals surface area (Å²) in [6.07, 6.45) is -0.663. The molecule has 0 bridgehead atoms. The van der Waals surface area contributed by atoms with Gasteiger partial charge in [-0.3, -0.25) is 9.69 Å². The first-order valence-corrected chi connectivity index (χ1v) is 9.76. The highest BCUT2D eigenvalue weighted by Crippen LogP contribution is 2.29. The maximum Gasteiger partial charge on any atom is 0.269 e. The topological polar surface area (TPSA) is 64.6 Å². The normalized spacial score (nSPS) is 11.7. The highest BCUT2D eigenvalue weighted by Gasteiger charge is 2.23.